The Morgan fingerprint density at radius 3 is 2.78 bits per heavy atom. The molecule has 2 heterocycles. The summed E-state index contributed by atoms with van der Waals surface area (Å²) in [5.74, 6) is 1.08. The van der Waals surface area contributed by atoms with Gasteiger partial charge in [-0.25, -0.2) is 9.99 Å². The van der Waals surface area contributed by atoms with Crippen molar-refractivity contribution in [2.24, 2.45) is 0 Å². The second kappa shape index (κ2) is 7.28. The number of ether oxygens (including phenoxy) is 1. The maximum Gasteiger partial charge on any atom is 0.265 e. The molecule has 0 unspecified atom stereocenters. The number of amides is 1. The minimum absolute atomic E-state index is 0.117. The van der Waals surface area contributed by atoms with E-state index in [1.807, 2.05) is 11.1 Å². The topological polar surface area (TPSA) is 90.5 Å². The number of rotatable bonds is 4. The zero-order chi connectivity index (χ0) is 18.8. The molecule has 0 radical (unpaired) electrons. The van der Waals surface area contributed by atoms with Crippen molar-refractivity contribution in [3.8, 4) is 22.9 Å². The maximum absolute atomic E-state index is 12.5. The molecule has 0 atom stereocenters. The molecule has 1 saturated heterocycles. The van der Waals surface area contributed by atoms with Crippen LogP contribution in [0.2, 0.25) is 0 Å². The molecule has 1 amide bonds. The van der Waals surface area contributed by atoms with Crippen LogP contribution in [0.3, 0.4) is 0 Å². The zero-order valence-electron chi connectivity index (χ0n) is 15.2. The number of piperidine rings is 1. The number of hydrogen-bond donors (Lipinski definition) is 3. The number of carbonyl (C=O) groups is 1. The summed E-state index contributed by atoms with van der Waals surface area (Å²) < 4.78 is 5.49. The average molecular weight is 366 g/mol. The lowest BCUT2D eigenvalue weighted by atomic mass is 10.1. The summed E-state index contributed by atoms with van der Waals surface area (Å²) in [6.45, 7) is 1.76. The van der Waals surface area contributed by atoms with E-state index in [2.05, 4.69) is 15.4 Å². The van der Waals surface area contributed by atoms with Gasteiger partial charge in [-0.2, -0.15) is 0 Å². The van der Waals surface area contributed by atoms with Crippen LogP contribution in [0.5, 0.6) is 11.5 Å². The van der Waals surface area contributed by atoms with Crippen LogP contribution in [0, 0.1) is 0 Å². The molecule has 1 fully saturated rings. The molecule has 7 nitrogen and oxygen atoms in total. The maximum atomic E-state index is 12.5. The first-order chi connectivity index (χ1) is 13.2. The number of hydrazine groups is 1. The standard InChI is InChI=1S/C20H22N4O3/c1-27-17-12-13(20(26)23-24-10-3-2-4-11-24)8-9-14(17)19-21-15-6-5-7-16(25)18(15)22-19/h5-9,12,25H,2-4,10-11H2,1H3,(H,21,22)(H,23,26). The van der Waals surface area contributed by atoms with E-state index in [4.69, 9.17) is 4.74 Å². The van der Waals surface area contributed by atoms with Gasteiger partial charge >= 0.3 is 0 Å². The summed E-state index contributed by atoms with van der Waals surface area (Å²) in [5.41, 5.74) is 5.45. The number of aromatic nitrogens is 2. The second-order valence-electron chi connectivity index (χ2n) is 6.66. The van der Waals surface area contributed by atoms with Crippen molar-refractivity contribution in [3.63, 3.8) is 0 Å². The van der Waals surface area contributed by atoms with E-state index in [9.17, 15) is 9.90 Å². The molecule has 140 valence electrons. The lowest BCUT2D eigenvalue weighted by molar-refractivity contribution is 0.0749. The third-order valence-corrected chi connectivity index (χ3v) is 4.83. The molecule has 0 saturated carbocycles. The van der Waals surface area contributed by atoms with E-state index in [1.54, 1.807) is 37.4 Å². The monoisotopic (exact) mass is 366 g/mol. The lowest BCUT2D eigenvalue weighted by Crippen LogP contribution is -2.45. The Morgan fingerprint density at radius 2 is 2.04 bits per heavy atom. The number of imidazole rings is 1. The largest absolute Gasteiger partial charge is 0.506 e. The van der Waals surface area contributed by atoms with Gasteiger partial charge in [0.05, 0.1) is 18.2 Å². The molecule has 0 aliphatic carbocycles. The first-order valence-electron chi connectivity index (χ1n) is 9.08. The fourth-order valence-electron chi connectivity index (χ4n) is 3.39. The number of aromatic amines is 1. The van der Waals surface area contributed by atoms with Crippen molar-refractivity contribution in [3.05, 3.63) is 42.0 Å². The van der Waals surface area contributed by atoms with Crippen molar-refractivity contribution in [2.75, 3.05) is 20.2 Å². The summed E-state index contributed by atoms with van der Waals surface area (Å²) in [5, 5.41) is 11.9. The minimum Gasteiger partial charge on any atom is -0.506 e. The van der Waals surface area contributed by atoms with Crippen LogP contribution in [-0.4, -0.2) is 46.2 Å². The number of para-hydroxylation sites is 1. The zero-order valence-corrected chi connectivity index (χ0v) is 15.2. The van der Waals surface area contributed by atoms with Crippen molar-refractivity contribution >= 4 is 16.9 Å². The summed E-state index contributed by atoms with van der Waals surface area (Å²) in [6.07, 6.45) is 3.41. The van der Waals surface area contributed by atoms with Gasteiger partial charge in [-0.3, -0.25) is 10.2 Å². The van der Waals surface area contributed by atoms with Crippen molar-refractivity contribution < 1.29 is 14.6 Å². The van der Waals surface area contributed by atoms with Crippen LogP contribution in [0.4, 0.5) is 0 Å². The van der Waals surface area contributed by atoms with Gasteiger partial charge in [0.15, 0.2) is 0 Å². The van der Waals surface area contributed by atoms with E-state index < -0.39 is 0 Å². The fraction of sp³-hybridized carbons (Fsp3) is 0.300. The number of carbonyl (C=O) groups excluding carboxylic acids is 1. The first kappa shape index (κ1) is 17.4. The Morgan fingerprint density at radius 1 is 1.22 bits per heavy atom. The highest BCUT2D eigenvalue weighted by Crippen LogP contribution is 2.32. The summed E-state index contributed by atoms with van der Waals surface area (Å²) in [4.78, 5) is 20.2. The molecule has 27 heavy (non-hydrogen) atoms. The van der Waals surface area contributed by atoms with Crippen molar-refractivity contribution in [2.45, 2.75) is 19.3 Å². The van der Waals surface area contributed by atoms with Crippen LogP contribution >= 0.6 is 0 Å². The average Bonchev–Trinajstić information content (AvgIpc) is 3.14. The van der Waals surface area contributed by atoms with E-state index in [-0.39, 0.29) is 11.7 Å². The van der Waals surface area contributed by atoms with Crippen molar-refractivity contribution in [1.82, 2.24) is 20.4 Å². The fourth-order valence-corrected chi connectivity index (χ4v) is 3.39. The van der Waals surface area contributed by atoms with Crippen molar-refractivity contribution in [1.29, 1.82) is 0 Å². The Hall–Kier alpha value is -3.06. The number of methoxy groups -OCH3 is 1. The van der Waals surface area contributed by atoms with Crippen LogP contribution in [0.1, 0.15) is 29.6 Å². The number of nitrogens with zero attached hydrogens (tertiary/aromatic N) is 2. The third kappa shape index (κ3) is 3.46. The number of aromatic hydroxyl groups is 1. The van der Waals surface area contributed by atoms with Crippen LogP contribution in [0.15, 0.2) is 36.4 Å². The van der Waals surface area contributed by atoms with Gasteiger partial charge in [0, 0.05) is 18.7 Å². The van der Waals surface area contributed by atoms with E-state index in [1.165, 1.54) is 6.42 Å². The Balaban J connectivity index is 1.62. The minimum atomic E-state index is -0.149. The molecule has 4 rings (SSSR count). The highest BCUT2D eigenvalue weighted by Gasteiger charge is 2.17. The number of phenols is 1. The van der Waals surface area contributed by atoms with Gasteiger partial charge in [-0.05, 0) is 43.2 Å². The summed E-state index contributed by atoms with van der Waals surface area (Å²) >= 11 is 0. The lowest BCUT2D eigenvalue weighted by Gasteiger charge is -2.26. The third-order valence-electron chi connectivity index (χ3n) is 4.83. The number of H-pyrrole nitrogens is 1. The molecule has 0 bridgehead atoms. The van der Waals surface area contributed by atoms with Crippen LogP contribution in [0.25, 0.3) is 22.4 Å². The highest BCUT2D eigenvalue weighted by molar-refractivity contribution is 5.95. The molecule has 3 N–H and O–H groups in total. The van der Waals surface area contributed by atoms with E-state index in [0.29, 0.717) is 22.7 Å². The van der Waals surface area contributed by atoms with Crippen LogP contribution < -0.4 is 10.2 Å². The van der Waals surface area contributed by atoms with Gasteiger partial charge in [-0.15, -0.1) is 0 Å². The molecule has 1 aliphatic heterocycles. The Bertz CT molecular complexity index is 977. The Labute approximate surface area is 156 Å². The molecule has 7 heteroatoms. The molecule has 2 aromatic carbocycles. The molecule has 1 aromatic heterocycles. The normalized spacial score (nSPS) is 15.0. The van der Waals surface area contributed by atoms with Gasteiger partial charge in [-0.1, -0.05) is 12.5 Å². The predicted octanol–water partition coefficient (Wildman–Crippen LogP) is 3.07. The number of phenolic OH excluding ortho intramolecular Hbond substituents is 1. The summed E-state index contributed by atoms with van der Waals surface area (Å²) in [6, 6.07) is 10.5. The molecule has 1 aliphatic rings. The van der Waals surface area contributed by atoms with Gasteiger partial charge in [0.2, 0.25) is 0 Å². The van der Waals surface area contributed by atoms with Gasteiger partial charge < -0.3 is 14.8 Å². The summed E-state index contributed by atoms with van der Waals surface area (Å²) in [7, 11) is 1.56. The van der Waals surface area contributed by atoms with Gasteiger partial charge in [0.1, 0.15) is 22.8 Å². The molecule has 0 spiro atoms. The SMILES string of the molecule is COc1cc(C(=O)NN2CCCCC2)ccc1-c1nc2c(O)cccc2[nH]1. The molecule has 3 aromatic rings. The number of nitrogens with one attached hydrogen (secondary N) is 2. The first-order valence-corrected chi connectivity index (χ1v) is 9.08. The Kier molecular flexibility index (Phi) is 4.68. The predicted molar refractivity (Wildman–Crippen MR) is 103 cm³/mol. The quantitative estimate of drug-likeness (QED) is 0.660. The smallest absolute Gasteiger partial charge is 0.265 e. The number of benzene rings is 2. The molecular weight excluding hydrogens is 344 g/mol. The number of fused-ring (bicyclic) bond motifs is 1. The number of hydrogen-bond acceptors (Lipinski definition) is 5. The van der Waals surface area contributed by atoms with Crippen LogP contribution in [-0.2, 0) is 0 Å². The van der Waals surface area contributed by atoms with Gasteiger partial charge in [0.25, 0.3) is 5.91 Å². The van der Waals surface area contributed by atoms with E-state index in [0.717, 1.165) is 37.0 Å². The second-order valence-corrected chi connectivity index (χ2v) is 6.66. The highest BCUT2D eigenvalue weighted by atomic mass is 16.5. The molecular formula is C20H22N4O3. The van der Waals surface area contributed by atoms with E-state index >= 15 is 0 Å².